The number of anilines is 2. The number of H-pyrrole nitrogens is 1. The molecule has 0 saturated carbocycles. The Morgan fingerprint density at radius 2 is 1.68 bits per heavy atom. The average molecular weight is 380 g/mol. The second-order valence-electron chi connectivity index (χ2n) is 6.83. The van der Waals surface area contributed by atoms with Gasteiger partial charge in [-0.1, -0.05) is 26.0 Å². The minimum absolute atomic E-state index is 0.273. The van der Waals surface area contributed by atoms with E-state index < -0.39 is 0 Å². The topological polar surface area (TPSA) is 89.1 Å². The molecule has 0 unspecified atom stereocenters. The molecule has 3 rings (SSSR count). The van der Waals surface area contributed by atoms with E-state index in [9.17, 15) is 4.79 Å². The smallest absolute Gasteiger partial charge is 0.274 e. The summed E-state index contributed by atoms with van der Waals surface area (Å²) >= 11 is 0. The largest absolute Gasteiger partial charge is 0.497 e. The summed E-state index contributed by atoms with van der Waals surface area (Å²) in [6.07, 6.45) is 0.397. The molecule has 3 aromatic rings. The van der Waals surface area contributed by atoms with Gasteiger partial charge >= 0.3 is 0 Å². The van der Waals surface area contributed by atoms with Crippen molar-refractivity contribution in [2.75, 3.05) is 19.0 Å². The highest BCUT2D eigenvalue weighted by atomic mass is 16.5. The standard InChI is InChI=1S/C21H24N4O3/c1-14(2)13-28-18-10-6-16(7-11-18)22-21-23-20(26)19(24-25-21)12-15-4-8-17(27-3)9-5-15/h4-11,14H,12-13H2,1-3H3,(H2,22,23,25,26). The maximum atomic E-state index is 12.3. The lowest BCUT2D eigenvalue weighted by Gasteiger charge is -2.10. The lowest BCUT2D eigenvalue weighted by Crippen LogP contribution is -2.18. The fraction of sp³-hybridized carbons (Fsp3) is 0.286. The van der Waals surface area contributed by atoms with Crippen LogP contribution in [-0.2, 0) is 6.42 Å². The first-order valence-electron chi connectivity index (χ1n) is 9.12. The van der Waals surface area contributed by atoms with E-state index in [2.05, 4.69) is 34.3 Å². The van der Waals surface area contributed by atoms with Crippen LogP contribution >= 0.6 is 0 Å². The molecular formula is C21H24N4O3. The number of nitrogens with zero attached hydrogens (tertiary/aromatic N) is 2. The molecule has 0 aliphatic carbocycles. The molecule has 0 radical (unpaired) electrons. The Morgan fingerprint density at radius 1 is 1.00 bits per heavy atom. The monoisotopic (exact) mass is 380 g/mol. The van der Waals surface area contributed by atoms with Gasteiger partial charge in [0, 0.05) is 12.1 Å². The molecule has 2 aromatic carbocycles. The van der Waals surface area contributed by atoms with Crippen LogP contribution in [0.25, 0.3) is 0 Å². The Hall–Kier alpha value is -3.35. The lowest BCUT2D eigenvalue weighted by atomic mass is 10.1. The third kappa shape index (κ3) is 5.33. The van der Waals surface area contributed by atoms with E-state index in [1.807, 2.05) is 48.5 Å². The summed E-state index contributed by atoms with van der Waals surface area (Å²) in [6, 6.07) is 15.0. The van der Waals surface area contributed by atoms with Gasteiger partial charge in [0.15, 0.2) is 0 Å². The van der Waals surface area contributed by atoms with Gasteiger partial charge in [-0.05, 0) is 47.9 Å². The SMILES string of the molecule is COc1ccc(Cc2nnc(Nc3ccc(OCC(C)C)cc3)[nH]c2=O)cc1. The number of aromatic nitrogens is 3. The Bertz CT molecular complexity index is 951. The zero-order valence-corrected chi connectivity index (χ0v) is 16.2. The van der Waals surface area contributed by atoms with Crippen molar-refractivity contribution in [3.8, 4) is 11.5 Å². The number of rotatable bonds is 8. The van der Waals surface area contributed by atoms with Crippen molar-refractivity contribution in [1.29, 1.82) is 0 Å². The highest BCUT2D eigenvalue weighted by molar-refractivity contribution is 5.54. The summed E-state index contributed by atoms with van der Waals surface area (Å²) < 4.78 is 10.8. The third-order valence-electron chi connectivity index (χ3n) is 4.00. The van der Waals surface area contributed by atoms with Gasteiger partial charge in [-0.3, -0.25) is 9.78 Å². The summed E-state index contributed by atoms with van der Waals surface area (Å²) in [7, 11) is 1.61. The van der Waals surface area contributed by atoms with Crippen molar-refractivity contribution in [2.24, 2.45) is 5.92 Å². The molecule has 1 aromatic heterocycles. The van der Waals surface area contributed by atoms with Gasteiger partial charge < -0.3 is 14.8 Å². The maximum absolute atomic E-state index is 12.3. The first-order valence-corrected chi connectivity index (χ1v) is 9.12. The normalized spacial score (nSPS) is 10.7. The van der Waals surface area contributed by atoms with Gasteiger partial charge in [0.1, 0.15) is 17.2 Å². The fourth-order valence-corrected chi connectivity index (χ4v) is 2.50. The molecule has 1 heterocycles. The summed E-state index contributed by atoms with van der Waals surface area (Å²) in [5.74, 6) is 2.33. The van der Waals surface area contributed by atoms with Crippen LogP contribution in [0.2, 0.25) is 0 Å². The van der Waals surface area contributed by atoms with E-state index in [4.69, 9.17) is 9.47 Å². The highest BCUT2D eigenvalue weighted by Gasteiger charge is 2.07. The van der Waals surface area contributed by atoms with Crippen molar-refractivity contribution in [1.82, 2.24) is 15.2 Å². The van der Waals surface area contributed by atoms with Gasteiger partial charge in [0.2, 0.25) is 5.95 Å². The van der Waals surface area contributed by atoms with E-state index in [1.165, 1.54) is 0 Å². The first kappa shape index (κ1) is 19.4. The summed E-state index contributed by atoms with van der Waals surface area (Å²) in [5, 5.41) is 11.2. The lowest BCUT2D eigenvalue weighted by molar-refractivity contribution is 0.271. The zero-order chi connectivity index (χ0) is 19.9. The summed E-state index contributed by atoms with van der Waals surface area (Å²) in [5.41, 5.74) is 1.82. The molecule has 7 heteroatoms. The number of methoxy groups -OCH3 is 1. The Kier molecular flexibility index (Phi) is 6.26. The molecule has 146 valence electrons. The number of hydrogen-bond acceptors (Lipinski definition) is 6. The number of aromatic amines is 1. The predicted molar refractivity (Wildman–Crippen MR) is 109 cm³/mol. The molecule has 0 saturated heterocycles. The quantitative estimate of drug-likeness (QED) is 0.621. The van der Waals surface area contributed by atoms with Crippen LogP contribution in [0.4, 0.5) is 11.6 Å². The highest BCUT2D eigenvalue weighted by Crippen LogP contribution is 2.18. The molecule has 2 N–H and O–H groups in total. The summed E-state index contributed by atoms with van der Waals surface area (Å²) in [4.78, 5) is 15.0. The van der Waals surface area contributed by atoms with E-state index in [0.717, 1.165) is 22.7 Å². The summed E-state index contributed by atoms with van der Waals surface area (Å²) in [6.45, 7) is 4.87. The van der Waals surface area contributed by atoms with E-state index in [0.29, 0.717) is 30.6 Å². The van der Waals surface area contributed by atoms with E-state index >= 15 is 0 Å². The maximum Gasteiger partial charge on any atom is 0.274 e. The molecule has 0 bridgehead atoms. The van der Waals surface area contributed by atoms with Crippen LogP contribution in [0, 0.1) is 5.92 Å². The second kappa shape index (κ2) is 9.03. The number of hydrogen-bond donors (Lipinski definition) is 2. The second-order valence-corrected chi connectivity index (χ2v) is 6.83. The first-order chi connectivity index (χ1) is 13.5. The van der Waals surface area contributed by atoms with Crippen molar-refractivity contribution in [3.63, 3.8) is 0 Å². The molecule has 0 fully saturated rings. The number of nitrogens with one attached hydrogen (secondary N) is 2. The predicted octanol–water partition coefficient (Wildman–Crippen LogP) is 3.54. The van der Waals surface area contributed by atoms with Crippen molar-refractivity contribution in [3.05, 3.63) is 70.1 Å². The van der Waals surface area contributed by atoms with Gasteiger partial charge in [0.05, 0.1) is 13.7 Å². The molecule has 7 nitrogen and oxygen atoms in total. The average Bonchev–Trinajstić information content (AvgIpc) is 2.70. The van der Waals surface area contributed by atoms with E-state index in [-0.39, 0.29) is 5.56 Å². The van der Waals surface area contributed by atoms with Gasteiger partial charge in [-0.2, -0.15) is 0 Å². The van der Waals surface area contributed by atoms with Crippen LogP contribution in [0.1, 0.15) is 25.1 Å². The molecule has 0 aliphatic heterocycles. The molecular weight excluding hydrogens is 356 g/mol. The minimum Gasteiger partial charge on any atom is -0.497 e. The van der Waals surface area contributed by atoms with Gasteiger partial charge in [-0.25, -0.2) is 0 Å². The molecule has 0 spiro atoms. The van der Waals surface area contributed by atoms with Gasteiger partial charge in [-0.15, -0.1) is 10.2 Å². The van der Waals surface area contributed by atoms with Crippen LogP contribution in [-0.4, -0.2) is 28.9 Å². The van der Waals surface area contributed by atoms with Crippen LogP contribution < -0.4 is 20.3 Å². The van der Waals surface area contributed by atoms with Crippen LogP contribution in [0.5, 0.6) is 11.5 Å². The minimum atomic E-state index is -0.273. The molecule has 0 amide bonds. The molecule has 0 atom stereocenters. The fourth-order valence-electron chi connectivity index (χ4n) is 2.50. The van der Waals surface area contributed by atoms with Crippen molar-refractivity contribution < 1.29 is 9.47 Å². The molecule has 0 aliphatic rings. The molecule has 28 heavy (non-hydrogen) atoms. The van der Waals surface area contributed by atoms with Gasteiger partial charge in [0.25, 0.3) is 5.56 Å². The van der Waals surface area contributed by atoms with Crippen molar-refractivity contribution in [2.45, 2.75) is 20.3 Å². The Balaban J connectivity index is 1.64. The Labute approximate surface area is 163 Å². The van der Waals surface area contributed by atoms with Crippen LogP contribution in [0.3, 0.4) is 0 Å². The Morgan fingerprint density at radius 3 is 2.29 bits per heavy atom. The number of ether oxygens (including phenoxy) is 2. The van der Waals surface area contributed by atoms with Crippen molar-refractivity contribution >= 4 is 11.6 Å². The zero-order valence-electron chi connectivity index (χ0n) is 16.2. The third-order valence-corrected chi connectivity index (χ3v) is 4.00. The number of benzene rings is 2. The van der Waals surface area contributed by atoms with E-state index in [1.54, 1.807) is 7.11 Å². The van der Waals surface area contributed by atoms with Crippen LogP contribution in [0.15, 0.2) is 53.3 Å².